The van der Waals surface area contributed by atoms with Crippen molar-refractivity contribution >= 4 is 0 Å². The van der Waals surface area contributed by atoms with Crippen molar-refractivity contribution in [1.82, 2.24) is 5.32 Å². The van der Waals surface area contributed by atoms with Crippen molar-refractivity contribution in [2.75, 3.05) is 6.61 Å². The second-order valence-electron chi connectivity index (χ2n) is 8.22. The van der Waals surface area contributed by atoms with E-state index in [0.29, 0.717) is 0 Å². The van der Waals surface area contributed by atoms with E-state index in [4.69, 9.17) is 4.74 Å². The van der Waals surface area contributed by atoms with Crippen molar-refractivity contribution in [2.24, 2.45) is 17.8 Å². The third-order valence-corrected chi connectivity index (χ3v) is 6.94. The van der Waals surface area contributed by atoms with Crippen LogP contribution in [0.15, 0.2) is 0 Å². The third-order valence-electron chi connectivity index (χ3n) is 6.94. The Morgan fingerprint density at radius 3 is 2.65 bits per heavy atom. The zero-order valence-electron chi connectivity index (χ0n) is 13.1. The van der Waals surface area contributed by atoms with E-state index >= 15 is 0 Å². The smallest absolute Gasteiger partial charge is 0.0697 e. The first kappa shape index (κ1) is 13.6. The Morgan fingerprint density at radius 1 is 1.10 bits per heavy atom. The van der Waals surface area contributed by atoms with Crippen LogP contribution >= 0.6 is 0 Å². The molecule has 0 aromatic heterocycles. The van der Waals surface area contributed by atoms with Crippen LogP contribution in [0.5, 0.6) is 0 Å². The highest BCUT2D eigenvalue weighted by Crippen LogP contribution is 2.49. The molecule has 20 heavy (non-hydrogen) atoms. The standard InChI is InChI=1S/C18H31NO/c1-13(17-11-14-4-5-15(17)10-14)19-16-6-9-20-18(12-16)7-2-3-8-18/h13-17,19H,2-12H2,1H3. The predicted octanol–water partition coefficient (Wildman–Crippen LogP) is 3.89. The first-order valence-corrected chi connectivity index (χ1v) is 9.14. The summed E-state index contributed by atoms with van der Waals surface area (Å²) in [5, 5.41) is 4.02. The molecule has 4 rings (SSSR count). The second-order valence-corrected chi connectivity index (χ2v) is 8.22. The Hall–Kier alpha value is -0.0800. The minimum atomic E-state index is 0.268. The molecule has 1 spiro atoms. The molecule has 5 unspecified atom stereocenters. The van der Waals surface area contributed by atoms with Gasteiger partial charge in [0.1, 0.15) is 0 Å². The number of nitrogens with one attached hydrogen (secondary N) is 1. The molecule has 5 atom stereocenters. The maximum Gasteiger partial charge on any atom is 0.0697 e. The lowest BCUT2D eigenvalue weighted by Crippen LogP contribution is -2.50. The predicted molar refractivity (Wildman–Crippen MR) is 81.7 cm³/mol. The molecule has 4 fully saturated rings. The molecule has 1 N–H and O–H groups in total. The molecule has 4 aliphatic rings. The summed E-state index contributed by atoms with van der Waals surface area (Å²) in [5.74, 6) is 3.09. The van der Waals surface area contributed by atoms with Crippen LogP contribution in [0, 0.1) is 17.8 Å². The molecule has 0 aromatic rings. The van der Waals surface area contributed by atoms with Gasteiger partial charge in [-0.1, -0.05) is 19.3 Å². The lowest BCUT2D eigenvalue weighted by atomic mass is 9.82. The maximum absolute atomic E-state index is 6.17. The van der Waals surface area contributed by atoms with Gasteiger partial charge in [0.2, 0.25) is 0 Å². The molecule has 114 valence electrons. The van der Waals surface area contributed by atoms with Crippen molar-refractivity contribution in [1.29, 1.82) is 0 Å². The Morgan fingerprint density at radius 2 is 1.95 bits per heavy atom. The van der Waals surface area contributed by atoms with Gasteiger partial charge in [0.15, 0.2) is 0 Å². The molecular formula is C18H31NO. The molecule has 1 saturated heterocycles. The number of fused-ring (bicyclic) bond motifs is 2. The lowest BCUT2D eigenvalue weighted by molar-refractivity contribution is -0.0854. The SMILES string of the molecule is CC(NC1CCOC2(CCCC2)C1)C1CC2CCC1C2. The van der Waals surface area contributed by atoms with Gasteiger partial charge in [-0.15, -0.1) is 0 Å². The van der Waals surface area contributed by atoms with Gasteiger partial charge in [-0.25, -0.2) is 0 Å². The van der Waals surface area contributed by atoms with E-state index in [2.05, 4.69) is 12.2 Å². The molecule has 0 radical (unpaired) electrons. The summed E-state index contributed by atoms with van der Waals surface area (Å²) in [6.45, 7) is 3.45. The molecular weight excluding hydrogens is 246 g/mol. The molecule has 1 heterocycles. The van der Waals surface area contributed by atoms with Gasteiger partial charge < -0.3 is 10.1 Å². The number of ether oxygens (including phenoxy) is 1. The average Bonchev–Trinajstić information content (AvgIpc) is 3.15. The average molecular weight is 277 g/mol. The van der Waals surface area contributed by atoms with Gasteiger partial charge in [0, 0.05) is 18.7 Å². The molecule has 2 bridgehead atoms. The second kappa shape index (κ2) is 5.28. The maximum atomic E-state index is 6.17. The lowest BCUT2D eigenvalue weighted by Gasteiger charge is -2.41. The molecule has 0 amide bonds. The van der Waals surface area contributed by atoms with Crippen LogP contribution in [0.3, 0.4) is 0 Å². The molecule has 3 aliphatic carbocycles. The molecule has 2 nitrogen and oxygen atoms in total. The molecule has 3 saturated carbocycles. The van der Waals surface area contributed by atoms with Gasteiger partial charge in [-0.3, -0.25) is 0 Å². The fourth-order valence-electron chi connectivity index (χ4n) is 5.94. The van der Waals surface area contributed by atoms with Crippen molar-refractivity contribution in [3.63, 3.8) is 0 Å². The minimum absolute atomic E-state index is 0.268. The van der Waals surface area contributed by atoms with E-state index < -0.39 is 0 Å². The molecule has 0 aromatic carbocycles. The van der Waals surface area contributed by atoms with Crippen LogP contribution in [-0.2, 0) is 4.74 Å². The van der Waals surface area contributed by atoms with Crippen molar-refractivity contribution < 1.29 is 4.74 Å². The van der Waals surface area contributed by atoms with Crippen molar-refractivity contribution in [2.45, 2.75) is 88.8 Å². The summed E-state index contributed by atoms with van der Waals surface area (Å²) in [5.41, 5.74) is 0.268. The van der Waals surface area contributed by atoms with Crippen LogP contribution in [0.4, 0.5) is 0 Å². The summed E-state index contributed by atoms with van der Waals surface area (Å²) in [7, 11) is 0. The van der Waals surface area contributed by atoms with Crippen molar-refractivity contribution in [3.8, 4) is 0 Å². The summed E-state index contributed by atoms with van der Waals surface area (Å²) >= 11 is 0. The summed E-state index contributed by atoms with van der Waals surface area (Å²) in [6.07, 6.45) is 14.0. The highest BCUT2D eigenvalue weighted by atomic mass is 16.5. The zero-order chi connectivity index (χ0) is 13.6. The summed E-state index contributed by atoms with van der Waals surface area (Å²) in [4.78, 5) is 0. The Labute approximate surface area is 124 Å². The monoisotopic (exact) mass is 277 g/mol. The summed E-state index contributed by atoms with van der Waals surface area (Å²) in [6, 6.07) is 1.45. The van der Waals surface area contributed by atoms with Gasteiger partial charge in [-0.05, 0) is 69.6 Å². The zero-order valence-corrected chi connectivity index (χ0v) is 13.1. The molecule has 1 aliphatic heterocycles. The fraction of sp³-hybridized carbons (Fsp3) is 1.00. The fourth-order valence-corrected chi connectivity index (χ4v) is 5.94. The van der Waals surface area contributed by atoms with Crippen molar-refractivity contribution in [3.05, 3.63) is 0 Å². The Balaban J connectivity index is 1.34. The number of hydrogen-bond acceptors (Lipinski definition) is 2. The van der Waals surface area contributed by atoms with E-state index in [0.717, 1.165) is 36.4 Å². The van der Waals surface area contributed by atoms with Crippen LogP contribution in [0.25, 0.3) is 0 Å². The Bertz CT molecular complexity index is 349. The first-order chi connectivity index (χ1) is 9.74. The van der Waals surface area contributed by atoms with Gasteiger partial charge in [-0.2, -0.15) is 0 Å². The number of rotatable bonds is 3. The van der Waals surface area contributed by atoms with Gasteiger partial charge >= 0.3 is 0 Å². The van der Waals surface area contributed by atoms with E-state index in [1.165, 1.54) is 64.2 Å². The normalized spacial score (nSPS) is 44.2. The van der Waals surface area contributed by atoms with Gasteiger partial charge in [0.05, 0.1) is 5.60 Å². The van der Waals surface area contributed by atoms with E-state index in [-0.39, 0.29) is 5.60 Å². The van der Waals surface area contributed by atoms with E-state index in [1.807, 2.05) is 0 Å². The quantitative estimate of drug-likeness (QED) is 0.845. The van der Waals surface area contributed by atoms with Crippen LogP contribution in [-0.4, -0.2) is 24.3 Å². The number of hydrogen-bond donors (Lipinski definition) is 1. The summed E-state index contributed by atoms with van der Waals surface area (Å²) < 4.78 is 6.17. The van der Waals surface area contributed by atoms with E-state index in [1.54, 1.807) is 0 Å². The highest BCUT2D eigenvalue weighted by molar-refractivity contribution is 4.97. The topological polar surface area (TPSA) is 21.3 Å². The highest BCUT2D eigenvalue weighted by Gasteiger charge is 2.44. The largest absolute Gasteiger partial charge is 0.375 e. The minimum Gasteiger partial charge on any atom is -0.375 e. The van der Waals surface area contributed by atoms with Gasteiger partial charge in [0.25, 0.3) is 0 Å². The van der Waals surface area contributed by atoms with Crippen LogP contribution in [0.2, 0.25) is 0 Å². The van der Waals surface area contributed by atoms with Crippen LogP contribution in [0.1, 0.15) is 71.1 Å². The van der Waals surface area contributed by atoms with Crippen LogP contribution < -0.4 is 5.32 Å². The molecule has 2 heteroatoms. The first-order valence-electron chi connectivity index (χ1n) is 9.14. The van der Waals surface area contributed by atoms with E-state index in [9.17, 15) is 0 Å². The Kier molecular flexibility index (Phi) is 3.58. The third kappa shape index (κ3) is 2.43.